The number of carbonyl (C=O) groups is 1. The van der Waals surface area contributed by atoms with Crippen LogP contribution in [0.25, 0.3) is 10.4 Å². The van der Waals surface area contributed by atoms with Crippen LogP contribution in [-0.2, 0) is 14.8 Å². The zero-order valence-electron chi connectivity index (χ0n) is 14.2. The van der Waals surface area contributed by atoms with Crippen LogP contribution in [0.5, 0.6) is 0 Å². The highest BCUT2D eigenvalue weighted by Gasteiger charge is 2.63. The maximum Gasteiger partial charge on any atom is 0.325 e. The van der Waals surface area contributed by atoms with E-state index in [-0.39, 0.29) is 16.5 Å². The Morgan fingerprint density at radius 2 is 1.63 bits per heavy atom. The summed E-state index contributed by atoms with van der Waals surface area (Å²) in [5, 5.41) is 9.71. The molecule has 27 heavy (non-hydrogen) atoms. The van der Waals surface area contributed by atoms with Crippen molar-refractivity contribution in [2.24, 2.45) is 0 Å². The van der Waals surface area contributed by atoms with Gasteiger partial charge in [-0.1, -0.05) is 60.7 Å². The summed E-state index contributed by atoms with van der Waals surface area (Å²) >= 11 is 1.13. The van der Waals surface area contributed by atoms with E-state index < -0.39 is 21.5 Å². The van der Waals surface area contributed by atoms with Crippen LogP contribution in [0.1, 0.15) is 17.9 Å². The van der Waals surface area contributed by atoms with Crippen molar-refractivity contribution < 1.29 is 18.3 Å². The van der Waals surface area contributed by atoms with Crippen molar-refractivity contribution in [3.8, 4) is 10.4 Å². The molecule has 0 radical (unpaired) electrons. The number of thiophene rings is 1. The highest BCUT2D eigenvalue weighted by molar-refractivity contribution is 7.91. The number of hydrogen-bond acceptors (Lipinski definition) is 4. The van der Waals surface area contributed by atoms with Gasteiger partial charge >= 0.3 is 5.97 Å². The first-order chi connectivity index (χ1) is 12.9. The van der Waals surface area contributed by atoms with E-state index in [2.05, 4.69) is 4.72 Å². The van der Waals surface area contributed by atoms with Crippen molar-refractivity contribution in [2.75, 3.05) is 0 Å². The zero-order chi connectivity index (χ0) is 19.1. The highest BCUT2D eigenvalue weighted by Crippen LogP contribution is 2.52. The standard InChI is InChI=1S/C20H17NO4S2/c22-19(23)20(13-16(20)14-7-3-1-4-8-14)21-27(24,25)18-12-11-17(26-18)15-9-5-2-6-10-15/h1-12,16,21H,13H2,(H,22,23). The molecule has 2 N–H and O–H groups in total. The Bertz CT molecular complexity index is 1080. The molecule has 0 saturated heterocycles. The minimum absolute atomic E-state index is 0.112. The first-order valence-electron chi connectivity index (χ1n) is 8.40. The molecule has 1 aliphatic carbocycles. The molecule has 0 spiro atoms. The summed E-state index contributed by atoms with van der Waals surface area (Å²) in [6, 6.07) is 21.9. The number of nitrogens with one attached hydrogen (secondary N) is 1. The van der Waals surface area contributed by atoms with Crippen LogP contribution in [-0.4, -0.2) is 25.0 Å². The largest absolute Gasteiger partial charge is 0.480 e. The molecule has 1 heterocycles. The lowest BCUT2D eigenvalue weighted by Crippen LogP contribution is -2.44. The van der Waals surface area contributed by atoms with Crippen molar-refractivity contribution in [3.05, 3.63) is 78.4 Å². The molecule has 1 aromatic heterocycles. The lowest BCUT2D eigenvalue weighted by Gasteiger charge is -2.14. The molecule has 7 heteroatoms. The van der Waals surface area contributed by atoms with Crippen LogP contribution in [0.4, 0.5) is 0 Å². The smallest absolute Gasteiger partial charge is 0.325 e. The zero-order valence-corrected chi connectivity index (χ0v) is 15.8. The minimum Gasteiger partial charge on any atom is -0.480 e. The van der Waals surface area contributed by atoms with Crippen LogP contribution in [0, 0.1) is 0 Å². The Balaban J connectivity index is 1.61. The predicted molar refractivity (Wildman–Crippen MR) is 104 cm³/mol. The van der Waals surface area contributed by atoms with E-state index in [1.807, 2.05) is 60.7 Å². The number of sulfonamides is 1. The number of hydrogen-bond donors (Lipinski definition) is 2. The van der Waals surface area contributed by atoms with Gasteiger partial charge in [0.05, 0.1) is 0 Å². The van der Waals surface area contributed by atoms with E-state index in [1.165, 1.54) is 6.07 Å². The van der Waals surface area contributed by atoms with Gasteiger partial charge in [-0.05, 0) is 29.7 Å². The first kappa shape index (κ1) is 17.9. The fourth-order valence-corrected chi connectivity index (χ4v) is 5.97. The number of carboxylic acids is 1. The van der Waals surface area contributed by atoms with Crippen molar-refractivity contribution in [1.29, 1.82) is 0 Å². The lowest BCUT2D eigenvalue weighted by molar-refractivity contribution is -0.140. The van der Waals surface area contributed by atoms with Crippen molar-refractivity contribution in [1.82, 2.24) is 4.72 Å². The SMILES string of the molecule is O=C(O)C1(NS(=O)(=O)c2ccc(-c3ccccc3)s2)CC1c1ccccc1. The third-order valence-corrected chi connectivity index (χ3v) is 7.90. The maximum absolute atomic E-state index is 12.8. The van der Waals surface area contributed by atoms with Crippen molar-refractivity contribution in [2.45, 2.75) is 22.1 Å². The summed E-state index contributed by atoms with van der Waals surface area (Å²) in [4.78, 5) is 12.7. The molecule has 1 aliphatic rings. The van der Waals surface area contributed by atoms with E-state index in [1.54, 1.807) is 6.07 Å². The van der Waals surface area contributed by atoms with Gasteiger partial charge in [0.1, 0.15) is 9.75 Å². The average Bonchev–Trinajstić information content (AvgIpc) is 3.16. The Morgan fingerprint density at radius 3 is 2.26 bits per heavy atom. The monoisotopic (exact) mass is 399 g/mol. The van der Waals surface area contributed by atoms with E-state index in [0.717, 1.165) is 27.3 Å². The molecule has 4 rings (SSSR count). The van der Waals surface area contributed by atoms with Gasteiger partial charge in [-0.15, -0.1) is 11.3 Å². The second kappa shape index (κ2) is 6.60. The van der Waals surface area contributed by atoms with E-state index >= 15 is 0 Å². The Labute approximate surface area is 161 Å². The molecule has 2 aromatic carbocycles. The fraction of sp³-hybridized carbons (Fsp3) is 0.150. The average molecular weight is 399 g/mol. The Morgan fingerprint density at radius 1 is 1.00 bits per heavy atom. The second-order valence-corrected chi connectivity index (χ2v) is 9.53. The molecule has 1 saturated carbocycles. The molecule has 3 aromatic rings. The molecule has 0 aliphatic heterocycles. The molecule has 5 nitrogen and oxygen atoms in total. The maximum atomic E-state index is 12.8. The van der Waals surface area contributed by atoms with Crippen molar-refractivity contribution in [3.63, 3.8) is 0 Å². The van der Waals surface area contributed by atoms with Gasteiger partial charge in [-0.25, -0.2) is 8.42 Å². The number of benzene rings is 2. The summed E-state index contributed by atoms with van der Waals surface area (Å²) in [6.07, 6.45) is 0.239. The van der Waals surface area contributed by atoms with Gasteiger partial charge in [0.25, 0.3) is 10.0 Å². The summed E-state index contributed by atoms with van der Waals surface area (Å²) in [6.45, 7) is 0. The molecular weight excluding hydrogens is 382 g/mol. The van der Waals surface area contributed by atoms with Crippen LogP contribution >= 0.6 is 11.3 Å². The van der Waals surface area contributed by atoms with Gasteiger partial charge in [-0.2, -0.15) is 4.72 Å². The third kappa shape index (κ3) is 3.29. The van der Waals surface area contributed by atoms with Gasteiger partial charge in [0, 0.05) is 10.8 Å². The van der Waals surface area contributed by atoms with Gasteiger partial charge in [0.15, 0.2) is 0 Å². The normalized spacial score (nSPS) is 21.7. The third-order valence-electron chi connectivity index (χ3n) is 4.77. The Kier molecular flexibility index (Phi) is 4.38. The molecule has 2 unspecified atom stereocenters. The van der Waals surface area contributed by atoms with Crippen LogP contribution in [0.3, 0.4) is 0 Å². The minimum atomic E-state index is -3.94. The van der Waals surface area contributed by atoms with E-state index in [4.69, 9.17) is 0 Å². The van der Waals surface area contributed by atoms with Gasteiger partial charge in [0.2, 0.25) is 0 Å². The quantitative estimate of drug-likeness (QED) is 0.662. The molecule has 138 valence electrons. The van der Waals surface area contributed by atoms with Crippen molar-refractivity contribution >= 4 is 27.3 Å². The topological polar surface area (TPSA) is 83.5 Å². The first-order valence-corrected chi connectivity index (χ1v) is 10.7. The molecule has 0 amide bonds. The lowest BCUT2D eigenvalue weighted by atomic mass is 10.1. The van der Waals surface area contributed by atoms with Gasteiger partial charge < -0.3 is 5.11 Å². The summed E-state index contributed by atoms with van der Waals surface area (Å²) < 4.78 is 28.3. The molecular formula is C20H17NO4S2. The van der Waals surface area contributed by atoms with Crippen LogP contribution < -0.4 is 4.72 Å². The summed E-state index contributed by atoms with van der Waals surface area (Å²) in [5.74, 6) is -1.53. The van der Waals surface area contributed by atoms with Gasteiger partial charge in [-0.3, -0.25) is 4.79 Å². The Hall–Kier alpha value is -2.48. The number of rotatable bonds is 6. The highest BCUT2D eigenvalue weighted by atomic mass is 32.2. The number of carboxylic acid groups (broad SMARTS) is 1. The van der Waals surface area contributed by atoms with E-state index in [0.29, 0.717) is 0 Å². The van der Waals surface area contributed by atoms with Crippen LogP contribution in [0.2, 0.25) is 0 Å². The second-order valence-electron chi connectivity index (χ2n) is 6.53. The molecule has 0 bridgehead atoms. The molecule has 1 fully saturated rings. The van der Waals surface area contributed by atoms with Crippen LogP contribution in [0.15, 0.2) is 77.0 Å². The summed E-state index contributed by atoms with van der Waals surface area (Å²) in [5.41, 5.74) is 0.251. The fourth-order valence-electron chi connectivity index (χ4n) is 3.26. The summed E-state index contributed by atoms with van der Waals surface area (Å²) in [7, 11) is -3.94. The number of aliphatic carboxylic acids is 1. The predicted octanol–water partition coefficient (Wildman–Crippen LogP) is 3.70. The van der Waals surface area contributed by atoms with E-state index in [9.17, 15) is 18.3 Å². The molecule has 2 atom stereocenters.